The van der Waals surface area contributed by atoms with Gasteiger partial charge in [0.25, 0.3) is 6.43 Å². The van der Waals surface area contributed by atoms with Crippen molar-refractivity contribution in [2.45, 2.75) is 37.3 Å². The number of unbranched alkanes of at least 4 members (excludes halogenated alkanes) is 1. The second-order valence-electron chi connectivity index (χ2n) is 6.16. The number of ether oxygens (including phenoxy) is 1. The molecular weight excluding hydrogens is 500 g/mol. The molecule has 0 saturated heterocycles. The molecule has 166 valence electrons. The fourth-order valence-corrected chi connectivity index (χ4v) is 3.65. The Bertz CT molecular complexity index is 853. The highest BCUT2D eigenvalue weighted by atomic mass is 79.9. The molecule has 30 heavy (non-hydrogen) atoms. The number of nitrogens with zero attached hydrogens (tertiary/aromatic N) is 2. The van der Waals surface area contributed by atoms with Crippen LogP contribution in [0.3, 0.4) is 0 Å². The zero-order valence-electron chi connectivity index (χ0n) is 15.7. The molecule has 1 aromatic carbocycles. The molecule has 1 N–H and O–H groups in total. The van der Waals surface area contributed by atoms with Gasteiger partial charge in [0.1, 0.15) is 17.8 Å². The molecule has 12 heteroatoms. The van der Waals surface area contributed by atoms with Crippen molar-refractivity contribution < 1.29 is 31.1 Å². The Labute approximate surface area is 181 Å². The van der Waals surface area contributed by atoms with Gasteiger partial charge in [-0.1, -0.05) is 0 Å². The first-order chi connectivity index (χ1) is 14.1. The van der Waals surface area contributed by atoms with E-state index in [2.05, 4.69) is 31.2 Å². The standard InChI is InChI=1S/C18H18BrF6N3OS/c1-10-6-11(20)12(7-13(10)30-8-18(23,24)25)29-5-3-2-4-26-17-14(19)15(16(21)22)27-9-28-17/h6-7,9,16H,2-5,8H2,1H3,(H,26,27,28). The molecular formula is C18H18BrF6N3OS. The number of anilines is 1. The van der Waals surface area contributed by atoms with Gasteiger partial charge < -0.3 is 10.1 Å². The first kappa shape index (κ1) is 24.6. The first-order valence-electron chi connectivity index (χ1n) is 8.73. The van der Waals surface area contributed by atoms with E-state index in [1.807, 2.05) is 0 Å². The Morgan fingerprint density at radius 3 is 2.60 bits per heavy atom. The van der Waals surface area contributed by atoms with Crippen LogP contribution in [-0.2, 0) is 0 Å². The summed E-state index contributed by atoms with van der Waals surface area (Å²) in [4.78, 5) is 7.70. The number of thioether (sulfide) groups is 1. The summed E-state index contributed by atoms with van der Waals surface area (Å²) in [5.41, 5.74) is -0.0122. The Hall–Kier alpha value is -1.69. The molecule has 1 heterocycles. The second-order valence-corrected chi connectivity index (χ2v) is 7.97. The first-order valence-corrected chi connectivity index (χ1v) is 10.5. The summed E-state index contributed by atoms with van der Waals surface area (Å²) in [6.45, 7) is 2.06. The van der Waals surface area contributed by atoms with Crippen LogP contribution in [0.25, 0.3) is 0 Å². The second kappa shape index (κ2) is 11.1. The maximum absolute atomic E-state index is 14.0. The van der Waals surface area contributed by atoms with Crippen molar-refractivity contribution in [2.24, 2.45) is 0 Å². The minimum Gasteiger partial charge on any atom is -0.490 e. The Morgan fingerprint density at radius 1 is 1.20 bits per heavy atom. The van der Waals surface area contributed by atoms with Crippen LogP contribution in [0.1, 0.15) is 30.5 Å². The number of aromatic nitrogens is 2. The number of benzene rings is 1. The van der Waals surface area contributed by atoms with E-state index in [1.165, 1.54) is 13.0 Å². The third-order valence-electron chi connectivity index (χ3n) is 3.77. The summed E-state index contributed by atoms with van der Waals surface area (Å²) in [5.74, 6) is -1.60. The highest BCUT2D eigenvalue weighted by Crippen LogP contribution is 2.33. The van der Waals surface area contributed by atoms with Crippen LogP contribution in [0.15, 0.2) is 27.8 Å². The molecule has 0 aliphatic heterocycles. The molecule has 0 bridgehead atoms. The van der Waals surface area contributed by atoms with Crippen LogP contribution >= 0.6 is 27.7 Å². The molecule has 0 atom stereocenters. The van der Waals surface area contributed by atoms with Gasteiger partial charge in [0.15, 0.2) is 11.6 Å². The van der Waals surface area contributed by atoms with Crippen molar-refractivity contribution in [1.82, 2.24) is 9.97 Å². The van der Waals surface area contributed by atoms with Crippen molar-refractivity contribution in [1.29, 1.82) is 0 Å². The molecule has 0 amide bonds. The zero-order chi connectivity index (χ0) is 22.3. The smallest absolute Gasteiger partial charge is 0.398 e. The van der Waals surface area contributed by atoms with Gasteiger partial charge in [0.2, 0.25) is 0 Å². The minimum absolute atomic E-state index is 0.0851. The maximum Gasteiger partial charge on any atom is 0.398 e. The quantitative estimate of drug-likeness (QED) is 0.220. The molecule has 2 rings (SSSR count). The Morgan fingerprint density at radius 2 is 1.93 bits per heavy atom. The van der Waals surface area contributed by atoms with Crippen molar-refractivity contribution in [3.63, 3.8) is 0 Å². The van der Waals surface area contributed by atoms with Crippen molar-refractivity contribution in [3.05, 3.63) is 40.0 Å². The fourth-order valence-electron chi connectivity index (χ4n) is 2.33. The Balaban J connectivity index is 1.81. The molecule has 0 aliphatic carbocycles. The lowest BCUT2D eigenvalue weighted by molar-refractivity contribution is -0.105. The maximum atomic E-state index is 14.0. The topological polar surface area (TPSA) is 47.0 Å². The molecule has 0 fully saturated rings. The molecule has 1 aromatic heterocycles. The van der Waals surface area contributed by atoms with Gasteiger partial charge in [-0.25, -0.2) is 23.1 Å². The lowest BCUT2D eigenvalue weighted by Gasteiger charge is -2.13. The van der Waals surface area contributed by atoms with Gasteiger partial charge in [-0.15, -0.1) is 11.8 Å². The van der Waals surface area contributed by atoms with Crippen LogP contribution in [0.2, 0.25) is 0 Å². The lowest BCUT2D eigenvalue weighted by Crippen LogP contribution is -2.11. The average molecular weight is 518 g/mol. The van der Waals surface area contributed by atoms with Crippen LogP contribution in [-0.4, -0.2) is 35.0 Å². The highest BCUT2D eigenvalue weighted by molar-refractivity contribution is 9.10. The van der Waals surface area contributed by atoms with E-state index in [9.17, 15) is 26.3 Å². The number of rotatable bonds is 10. The number of halogens is 7. The Kier molecular flexibility index (Phi) is 9.08. The monoisotopic (exact) mass is 517 g/mol. The minimum atomic E-state index is -4.33. The highest BCUT2D eigenvalue weighted by Gasteiger charge is 2.27. The summed E-state index contributed by atoms with van der Waals surface area (Å²) in [6, 6.07) is 2.41. The van der Waals surface area contributed by atoms with Gasteiger partial charge in [-0.05, 0) is 53.4 Å². The van der Waals surface area contributed by atoms with Crippen molar-refractivity contribution in [2.75, 3.05) is 24.2 Å². The van der Waals surface area contributed by atoms with Gasteiger partial charge in [0.05, 0.1) is 16.8 Å². The number of hydrogen-bond acceptors (Lipinski definition) is 5. The van der Waals surface area contributed by atoms with E-state index in [1.54, 1.807) is 0 Å². The molecule has 0 spiro atoms. The molecule has 0 radical (unpaired) electrons. The van der Waals surface area contributed by atoms with Crippen LogP contribution in [0, 0.1) is 12.7 Å². The van der Waals surface area contributed by atoms with Gasteiger partial charge >= 0.3 is 6.18 Å². The van der Waals surface area contributed by atoms with E-state index in [4.69, 9.17) is 4.74 Å². The summed E-state index contributed by atoms with van der Waals surface area (Å²) in [7, 11) is 0. The molecule has 4 nitrogen and oxygen atoms in total. The predicted molar refractivity (Wildman–Crippen MR) is 106 cm³/mol. The summed E-state index contributed by atoms with van der Waals surface area (Å²) in [6.07, 6.45) is -4.97. The SMILES string of the molecule is Cc1cc(F)c(OCCCCNc2ncnc(C(F)F)c2Br)cc1SCC(F)(F)F. The largest absolute Gasteiger partial charge is 0.490 e. The molecule has 0 unspecified atom stereocenters. The average Bonchev–Trinajstić information content (AvgIpc) is 2.65. The lowest BCUT2D eigenvalue weighted by atomic mass is 10.2. The number of alkyl halides is 5. The van der Waals surface area contributed by atoms with Gasteiger partial charge in [0, 0.05) is 11.4 Å². The normalized spacial score (nSPS) is 11.8. The van der Waals surface area contributed by atoms with Crippen molar-refractivity contribution >= 4 is 33.5 Å². The van der Waals surface area contributed by atoms with E-state index < -0.39 is 29.9 Å². The van der Waals surface area contributed by atoms with Gasteiger partial charge in [-0.2, -0.15) is 13.2 Å². The molecule has 2 aromatic rings. The number of nitrogens with one attached hydrogen (secondary N) is 1. The van der Waals surface area contributed by atoms with E-state index >= 15 is 0 Å². The molecule has 0 saturated carbocycles. The third kappa shape index (κ3) is 7.53. The van der Waals surface area contributed by atoms with Crippen LogP contribution < -0.4 is 10.1 Å². The summed E-state index contributed by atoms with van der Waals surface area (Å²) >= 11 is 3.61. The van der Waals surface area contributed by atoms with Crippen LogP contribution in [0.4, 0.5) is 32.2 Å². The summed E-state index contributed by atoms with van der Waals surface area (Å²) < 4.78 is 82.2. The zero-order valence-corrected chi connectivity index (χ0v) is 18.1. The fraction of sp³-hybridized carbons (Fsp3) is 0.444. The van der Waals surface area contributed by atoms with Crippen LogP contribution in [0.5, 0.6) is 5.75 Å². The van der Waals surface area contributed by atoms with E-state index in [0.717, 1.165) is 12.4 Å². The van der Waals surface area contributed by atoms with Crippen molar-refractivity contribution in [3.8, 4) is 5.75 Å². The number of hydrogen-bond donors (Lipinski definition) is 1. The molecule has 0 aliphatic rings. The van der Waals surface area contributed by atoms with E-state index in [-0.39, 0.29) is 22.6 Å². The van der Waals surface area contributed by atoms with Gasteiger partial charge in [-0.3, -0.25) is 0 Å². The summed E-state index contributed by atoms with van der Waals surface area (Å²) in [5, 5.41) is 2.89. The predicted octanol–water partition coefficient (Wildman–Crippen LogP) is 6.55. The third-order valence-corrected chi connectivity index (χ3v) is 5.77. The number of aryl methyl sites for hydroxylation is 1. The van der Waals surface area contributed by atoms with E-state index in [0.29, 0.717) is 41.6 Å².